The number of hydrazine groups is 1. The number of hydrogen-bond acceptors (Lipinski definition) is 5. The van der Waals surface area contributed by atoms with Gasteiger partial charge in [0.25, 0.3) is 11.8 Å². The first-order valence-electron chi connectivity index (χ1n) is 7.64. The number of nitrogens with one attached hydrogen (secondary N) is 2. The molecule has 0 saturated heterocycles. The first kappa shape index (κ1) is 18.8. The van der Waals surface area contributed by atoms with E-state index in [2.05, 4.69) is 10.9 Å². The molecule has 9 heteroatoms. The zero-order valence-corrected chi connectivity index (χ0v) is 15.1. The normalized spacial score (nSPS) is 10.4. The van der Waals surface area contributed by atoms with Crippen LogP contribution in [0.15, 0.2) is 57.7 Å². The number of carbonyl (C=O) groups is 2. The van der Waals surface area contributed by atoms with Gasteiger partial charge in [-0.2, -0.15) is 0 Å². The lowest BCUT2D eigenvalue weighted by Crippen LogP contribution is -2.45. The summed E-state index contributed by atoms with van der Waals surface area (Å²) in [5.41, 5.74) is 3.58. The fourth-order valence-corrected chi connectivity index (χ4v) is 2.65. The number of fused-ring (bicyclic) bond motifs is 1. The number of ether oxygens (including phenoxy) is 1. The molecule has 3 rings (SSSR count). The summed E-state index contributed by atoms with van der Waals surface area (Å²) in [6.07, 6.45) is 0. The zero-order chi connectivity index (χ0) is 19.4. The maximum Gasteiger partial charge on any atom is 0.349 e. The van der Waals surface area contributed by atoms with Crippen LogP contribution in [0.5, 0.6) is 5.75 Å². The van der Waals surface area contributed by atoms with Gasteiger partial charge >= 0.3 is 5.63 Å². The highest BCUT2D eigenvalue weighted by atomic mass is 35.5. The predicted octanol–water partition coefficient (Wildman–Crippen LogP) is 2.94. The van der Waals surface area contributed by atoms with E-state index in [9.17, 15) is 14.4 Å². The summed E-state index contributed by atoms with van der Waals surface area (Å²) in [5, 5.41) is 1.25. The van der Waals surface area contributed by atoms with E-state index >= 15 is 0 Å². The summed E-state index contributed by atoms with van der Waals surface area (Å²) >= 11 is 11.7. The van der Waals surface area contributed by atoms with Crippen LogP contribution in [-0.2, 0) is 4.79 Å². The summed E-state index contributed by atoms with van der Waals surface area (Å²) < 4.78 is 10.3. The molecule has 138 valence electrons. The quantitative estimate of drug-likeness (QED) is 0.512. The lowest BCUT2D eigenvalue weighted by atomic mass is 10.2. The topological polar surface area (TPSA) is 97.6 Å². The summed E-state index contributed by atoms with van der Waals surface area (Å²) in [4.78, 5) is 35.8. The van der Waals surface area contributed by atoms with E-state index in [-0.39, 0.29) is 16.3 Å². The lowest BCUT2D eigenvalue weighted by Gasteiger charge is -2.09. The van der Waals surface area contributed by atoms with Crippen molar-refractivity contribution < 1.29 is 18.7 Å². The van der Waals surface area contributed by atoms with Crippen molar-refractivity contribution in [2.45, 2.75) is 0 Å². The largest absolute Gasteiger partial charge is 0.482 e. The minimum Gasteiger partial charge on any atom is -0.482 e. The monoisotopic (exact) mass is 406 g/mol. The molecule has 0 spiro atoms. The molecule has 1 aromatic heterocycles. The minimum absolute atomic E-state index is 0.240. The molecule has 0 unspecified atom stereocenters. The van der Waals surface area contributed by atoms with Gasteiger partial charge in [-0.15, -0.1) is 0 Å². The molecule has 1 heterocycles. The molecule has 0 radical (unpaired) electrons. The molecule has 7 nitrogen and oxygen atoms in total. The van der Waals surface area contributed by atoms with Crippen LogP contribution in [0, 0.1) is 0 Å². The van der Waals surface area contributed by atoms with Crippen LogP contribution < -0.4 is 21.2 Å². The minimum atomic E-state index is -0.815. The fourth-order valence-electron chi connectivity index (χ4n) is 2.19. The molecular weight excluding hydrogens is 395 g/mol. The van der Waals surface area contributed by atoms with E-state index in [0.717, 1.165) is 0 Å². The third kappa shape index (κ3) is 4.58. The van der Waals surface area contributed by atoms with Crippen LogP contribution in [0.1, 0.15) is 10.4 Å². The Hall–Kier alpha value is -3.03. The molecule has 2 N–H and O–H groups in total. The molecule has 0 bridgehead atoms. The second-order valence-corrected chi connectivity index (χ2v) is 6.19. The Morgan fingerprint density at radius 3 is 2.59 bits per heavy atom. The molecule has 0 aliphatic rings. The average molecular weight is 407 g/mol. The molecule has 0 atom stereocenters. The fraction of sp³-hybridized carbons (Fsp3) is 0.0556. The van der Waals surface area contributed by atoms with Gasteiger partial charge in [-0.25, -0.2) is 4.79 Å². The molecule has 3 aromatic rings. The molecule has 2 amide bonds. The Labute approximate surface area is 162 Å². The third-order valence-electron chi connectivity index (χ3n) is 3.45. The van der Waals surface area contributed by atoms with E-state index in [4.69, 9.17) is 32.4 Å². The molecular formula is C18H12Cl2N2O5. The number of carbonyl (C=O) groups excluding carboxylic acids is 2. The van der Waals surface area contributed by atoms with Crippen molar-refractivity contribution >= 4 is 46.0 Å². The number of hydrogen-bond donors (Lipinski definition) is 2. The number of amides is 2. The van der Waals surface area contributed by atoms with Gasteiger partial charge in [0.05, 0.1) is 5.02 Å². The standard InChI is InChI=1S/C18H12Cl2N2O5/c19-11-5-6-15(13(20)8-11)26-9-16(23)21-22-17(24)12-7-10-3-1-2-4-14(10)27-18(12)25/h1-8H,9H2,(H,21,23)(H,22,24). The molecule has 0 saturated carbocycles. The summed E-state index contributed by atoms with van der Waals surface area (Å²) in [5.74, 6) is -1.20. The molecule has 27 heavy (non-hydrogen) atoms. The maximum atomic E-state index is 12.1. The maximum absolute atomic E-state index is 12.1. The third-order valence-corrected chi connectivity index (χ3v) is 3.98. The number of para-hydroxylation sites is 1. The van der Waals surface area contributed by atoms with Crippen LogP contribution in [0.3, 0.4) is 0 Å². The highest BCUT2D eigenvalue weighted by molar-refractivity contribution is 6.35. The summed E-state index contributed by atoms with van der Waals surface area (Å²) in [6.45, 7) is -0.409. The summed E-state index contributed by atoms with van der Waals surface area (Å²) in [6, 6.07) is 12.7. The Kier molecular flexibility index (Phi) is 5.63. The Morgan fingerprint density at radius 1 is 1.04 bits per heavy atom. The van der Waals surface area contributed by atoms with Crippen LogP contribution in [-0.4, -0.2) is 18.4 Å². The Balaban J connectivity index is 1.59. The van der Waals surface area contributed by atoms with E-state index in [1.54, 1.807) is 30.3 Å². The second kappa shape index (κ2) is 8.11. The highest BCUT2D eigenvalue weighted by Crippen LogP contribution is 2.27. The van der Waals surface area contributed by atoms with Gasteiger partial charge in [0.1, 0.15) is 16.9 Å². The summed E-state index contributed by atoms with van der Waals surface area (Å²) in [7, 11) is 0. The first-order chi connectivity index (χ1) is 12.9. The van der Waals surface area contributed by atoms with Crippen molar-refractivity contribution in [1.82, 2.24) is 10.9 Å². The number of benzene rings is 2. The van der Waals surface area contributed by atoms with E-state index in [1.807, 2.05) is 0 Å². The van der Waals surface area contributed by atoms with Crippen LogP contribution >= 0.6 is 23.2 Å². The van der Waals surface area contributed by atoms with Gasteiger partial charge in [0.15, 0.2) is 6.61 Å². The highest BCUT2D eigenvalue weighted by Gasteiger charge is 2.15. The van der Waals surface area contributed by atoms with Crippen molar-refractivity contribution in [3.63, 3.8) is 0 Å². The Bertz CT molecular complexity index is 1080. The van der Waals surface area contributed by atoms with Crippen molar-refractivity contribution in [2.24, 2.45) is 0 Å². The van der Waals surface area contributed by atoms with E-state index < -0.39 is 24.0 Å². The molecule has 0 aliphatic heterocycles. The van der Waals surface area contributed by atoms with Gasteiger partial charge in [0.2, 0.25) is 0 Å². The van der Waals surface area contributed by atoms with Gasteiger partial charge in [-0.1, -0.05) is 41.4 Å². The Morgan fingerprint density at radius 2 is 1.81 bits per heavy atom. The van der Waals surface area contributed by atoms with Crippen molar-refractivity contribution in [3.8, 4) is 5.75 Å². The van der Waals surface area contributed by atoms with Gasteiger partial charge in [-0.3, -0.25) is 20.4 Å². The van der Waals surface area contributed by atoms with Crippen LogP contribution in [0.4, 0.5) is 0 Å². The first-order valence-corrected chi connectivity index (χ1v) is 8.39. The van der Waals surface area contributed by atoms with Crippen LogP contribution in [0.2, 0.25) is 10.0 Å². The molecule has 0 aliphatic carbocycles. The predicted molar refractivity (Wildman–Crippen MR) is 100 cm³/mol. The average Bonchev–Trinajstić information content (AvgIpc) is 2.64. The second-order valence-electron chi connectivity index (χ2n) is 5.35. The van der Waals surface area contributed by atoms with E-state index in [1.165, 1.54) is 18.2 Å². The molecule has 0 fully saturated rings. The number of rotatable bonds is 4. The lowest BCUT2D eigenvalue weighted by molar-refractivity contribution is -0.123. The van der Waals surface area contributed by atoms with Crippen LogP contribution in [0.25, 0.3) is 11.0 Å². The smallest absolute Gasteiger partial charge is 0.349 e. The SMILES string of the molecule is O=C(COc1ccc(Cl)cc1Cl)NNC(=O)c1cc2ccccc2oc1=O. The zero-order valence-electron chi connectivity index (χ0n) is 13.6. The van der Waals surface area contributed by atoms with Crippen molar-refractivity contribution in [3.05, 3.63) is 74.6 Å². The van der Waals surface area contributed by atoms with Gasteiger partial charge < -0.3 is 9.15 Å². The van der Waals surface area contributed by atoms with Gasteiger partial charge in [-0.05, 0) is 30.3 Å². The number of halogens is 2. The van der Waals surface area contributed by atoms with Crippen molar-refractivity contribution in [1.29, 1.82) is 0 Å². The van der Waals surface area contributed by atoms with Crippen molar-refractivity contribution in [2.75, 3.05) is 6.61 Å². The molecule has 2 aromatic carbocycles. The van der Waals surface area contributed by atoms with E-state index in [0.29, 0.717) is 16.0 Å². The van der Waals surface area contributed by atoms with Gasteiger partial charge in [0, 0.05) is 10.4 Å².